The maximum absolute atomic E-state index is 13.1. The number of ether oxygens (including phenoxy) is 1. The predicted octanol–water partition coefficient (Wildman–Crippen LogP) is 2.05. The van der Waals surface area contributed by atoms with Gasteiger partial charge in [-0.05, 0) is 23.6 Å². The van der Waals surface area contributed by atoms with E-state index in [-0.39, 0.29) is 18.0 Å². The summed E-state index contributed by atoms with van der Waals surface area (Å²) < 4.78 is 4.88. The van der Waals surface area contributed by atoms with E-state index >= 15 is 0 Å². The monoisotopic (exact) mass is 371 g/mol. The van der Waals surface area contributed by atoms with Gasteiger partial charge in [-0.25, -0.2) is 14.6 Å². The van der Waals surface area contributed by atoms with Crippen molar-refractivity contribution in [2.24, 2.45) is 5.92 Å². The van der Waals surface area contributed by atoms with E-state index in [1.54, 1.807) is 23.6 Å². The number of rotatable bonds is 5. The maximum atomic E-state index is 13.1. The molecule has 0 saturated heterocycles. The Morgan fingerprint density at radius 3 is 2.81 bits per heavy atom. The highest BCUT2D eigenvalue weighted by Gasteiger charge is 2.36. The summed E-state index contributed by atoms with van der Waals surface area (Å²) in [7, 11) is 1.33. The van der Waals surface area contributed by atoms with Crippen molar-refractivity contribution in [2.75, 3.05) is 13.7 Å². The van der Waals surface area contributed by atoms with Crippen LogP contribution in [-0.4, -0.2) is 51.5 Å². The molecule has 0 aliphatic carbocycles. The van der Waals surface area contributed by atoms with Crippen LogP contribution in [0.4, 0.5) is 4.79 Å². The first-order chi connectivity index (χ1) is 13.1. The zero-order valence-corrected chi connectivity index (χ0v) is 15.8. The Labute approximate surface area is 158 Å². The second kappa shape index (κ2) is 8.20. The maximum Gasteiger partial charge on any atom is 0.328 e. The van der Waals surface area contributed by atoms with Crippen molar-refractivity contribution in [1.29, 1.82) is 0 Å². The van der Waals surface area contributed by atoms with Crippen LogP contribution in [0.2, 0.25) is 0 Å². The molecule has 8 heteroatoms. The van der Waals surface area contributed by atoms with Crippen LogP contribution >= 0.6 is 0 Å². The van der Waals surface area contributed by atoms with Crippen LogP contribution in [0, 0.1) is 5.92 Å². The van der Waals surface area contributed by atoms with Crippen LogP contribution in [0.5, 0.6) is 0 Å². The molecule has 0 bridgehead atoms. The summed E-state index contributed by atoms with van der Waals surface area (Å²) in [5.74, 6) is -0.470. The van der Waals surface area contributed by atoms with Gasteiger partial charge in [0.1, 0.15) is 12.1 Å². The molecule has 3 atom stereocenters. The van der Waals surface area contributed by atoms with Crippen molar-refractivity contribution in [3.8, 4) is 0 Å². The molecule has 2 N–H and O–H groups in total. The standard InChI is InChI=1S/C19H25N5O3/c1-4-12(2)15(18(25)27-3)23-19(26)24-10-7-14-16(22-11-21-14)17(24)13-5-8-20-9-6-13/h5-6,8-9,11-12,15,17H,4,7,10H2,1-3H3,(H,21,22)(H,23,26)/t12-,15-,17-/m0/s1. The number of urea groups is 1. The van der Waals surface area contributed by atoms with E-state index in [9.17, 15) is 9.59 Å². The molecule has 1 aliphatic rings. The number of aromatic amines is 1. The number of carbonyl (C=O) groups excluding carboxylic acids is 2. The summed E-state index contributed by atoms with van der Waals surface area (Å²) in [4.78, 5) is 38.7. The number of hydrogen-bond acceptors (Lipinski definition) is 5. The number of methoxy groups -OCH3 is 1. The number of carbonyl (C=O) groups is 2. The minimum atomic E-state index is -0.689. The van der Waals surface area contributed by atoms with E-state index in [2.05, 4.69) is 20.3 Å². The molecule has 2 amide bonds. The highest BCUT2D eigenvalue weighted by Crippen LogP contribution is 2.33. The molecule has 3 rings (SSSR count). The lowest BCUT2D eigenvalue weighted by molar-refractivity contribution is -0.144. The van der Waals surface area contributed by atoms with Crippen molar-refractivity contribution in [3.63, 3.8) is 0 Å². The number of aromatic nitrogens is 3. The lowest BCUT2D eigenvalue weighted by atomic mass is 9.96. The fraction of sp³-hybridized carbons (Fsp3) is 0.474. The van der Waals surface area contributed by atoms with E-state index in [1.165, 1.54) is 7.11 Å². The van der Waals surface area contributed by atoms with E-state index in [0.29, 0.717) is 13.0 Å². The van der Waals surface area contributed by atoms with E-state index in [0.717, 1.165) is 23.4 Å². The fourth-order valence-electron chi connectivity index (χ4n) is 3.39. The molecule has 0 radical (unpaired) electrons. The Hall–Kier alpha value is -2.90. The average molecular weight is 371 g/mol. The topological polar surface area (TPSA) is 100 Å². The molecular weight excluding hydrogens is 346 g/mol. The molecule has 144 valence electrons. The predicted molar refractivity (Wildman–Crippen MR) is 98.9 cm³/mol. The third-order valence-corrected chi connectivity index (χ3v) is 5.15. The third-order valence-electron chi connectivity index (χ3n) is 5.15. The fourth-order valence-corrected chi connectivity index (χ4v) is 3.39. The van der Waals surface area contributed by atoms with Crippen LogP contribution in [0.15, 0.2) is 30.9 Å². The van der Waals surface area contributed by atoms with Gasteiger partial charge < -0.3 is 19.9 Å². The average Bonchev–Trinajstić information content (AvgIpc) is 3.19. The lowest BCUT2D eigenvalue weighted by Crippen LogP contribution is -2.53. The number of imidazole rings is 1. The first-order valence-corrected chi connectivity index (χ1v) is 9.13. The molecule has 2 aromatic rings. The zero-order valence-electron chi connectivity index (χ0n) is 15.8. The molecule has 0 fully saturated rings. The number of hydrogen-bond donors (Lipinski definition) is 2. The normalized spacial score (nSPS) is 18.3. The van der Waals surface area contributed by atoms with Gasteiger partial charge in [0.2, 0.25) is 0 Å². The molecule has 27 heavy (non-hydrogen) atoms. The second-order valence-electron chi connectivity index (χ2n) is 6.73. The molecule has 0 aromatic carbocycles. The van der Waals surface area contributed by atoms with Crippen LogP contribution < -0.4 is 5.32 Å². The van der Waals surface area contributed by atoms with Gasteiger partial charge in [0, 0.05) is 31.1 Å². The Kier molecular flexibility index (Phi) is 5.73. The van der Waals surface area contributed by atoms with Gasteiger partial charge in [-0.15, -0.1) is 0 Å². The molecule has 0 spiro atoms. The van der Waals surface area contributed by atoms with Gasteiger partial charge >= 0.3 is 12.0 Å². The number of nitrogens with one attached hydrogen (secondary N) is 2. The van der Waals surface area contributed by atoms with Crippen LogP contribution in [-0.2, 0) is 16.0 Å². The molecule has 1 aliphatic heterocycles. The summed E-state index contributed by atoms with van der Waals surface area (Å²) >= 11 is 0. The lowest BCUT2D eigenvalue weighted by Gasteiger charge is -2.36. The number of amides is 2. The largest absolute Gasteiger partial charge is 0.467 e. The van der Waals surface area contributed by atoms with Gasteiger partial charge in [-0.3, -0.25) is 4.98 Å². The minimum Gasteiger partial charge on any atom is -0.467 e. The van der Waals surface area contributed by atoms with Gasteiger partial charge in [-0.1, -0.05) is 20.3 Å². The minimum absolute atomic E-state index is 0.0356. The number of H-pyrrole nitrogens is 1. The van der Waals surface area contributed by atoms with Gasteiger partial charge in [-0.2, -0.15) is 0 Å². The molecule has 0 unspecified atom stereocenters. The Morgan fingerprint density at radius 1 is 1.41 bits per heavy atom. The molecular formula is C19H25N5O3. The zero-order chi connectivity index (χ0) is 19.4. The first-order valence-electron chi connectivity index (χ1n) is 9.13. The Morgan fingerprint density at radius 2 is 2.15 bits per heavy atom. The van der Waals surface area contributed by atoms with Crippen molar-refractivity contribution >= 4 is 12.0 Å². The smallest absolute Gasteiger partial charge is 0.328 e. The van der Waals surface area contributed by atoms with Crippen LogP contribution in [0.25, 0.3) is 0 Å². The van der Waals surface area contributed by atoms with Crippen molar-refractivity contribution in [2.45, 2.75) is 38.8 Å². The number of esters is 1. The quantitative estimate of drug-likeness (QED) is 0.784. The summed E-state index contributed by atoms with van der Waals surface area (Å²) in [5.41, 5.74) is 2.76. The number of pyridine rings is 1. The van der Waals surface area contributed by atoms with Crippen molar-refractivity contribution in [1.82, 2.24) is 25.2 Å². The Bertz CT molecular complexity index is 792. The van der Waals surface area contributed by atoms with Crippen LogP contribution in [0.1, 0.15) is 43.3 Å². The van der Waals surface area contributed by atoms with Gasteiger partial charge in [0.15, 0.2) is 0 Å². The van der Waals surface area contributed by atoms with Gasteiger partial charge in [0.25, 0.3) is 0 Å². The van der Waals surface area contributed by atoms with E-state index < -0.39 is 12.0 Å². The second-order valence-corrected chi connectivity index (χ2v) is 6.73. The summed E-state index contributed by atoms with van der Waals surface area (Å²) in [6.45, 7) is 4.41. The molecule has 8 nitrogen and oxygen atoms in total. The molecule has 2 aromatic heterocycles. The molecule has 3 heterocycles. The van der Waals surface area contributed by atoms with Crippen molar-refractivity contribution < 1.29 is 14.3 Å². The third kappa shape index (κ3) is 3.79. The van der Waals surface area contributed by atoms with Gasteiger partial charge in [0.05, 0.1) is 19.1 Å². The summed E-state index contributed by atoms with van der Waals surface area (Å²) in [5, 5.41) is 2.87. The summed E-state index contributed by atoms with van der Waals surface area (Å²) in [6, 6.07) is 2.42. The SMILES string of the molecule is CC[C@H](C)[C@H](NC(=O)N1CCc2[nH]cnc2[C@@H]1c1ccncc1)C(=O)OC. The Balaban J connectivity index is 1.89. The van der Waals surface area contributed by atoms with Crippen LogP contribution in [0.3, 0.4) is 0 Å². The number of nitrogens with zero attached hydrogens (tertiary/aromatic N) is 3. The highest BCUT2D eigenvalue weighted by atomic mass is 16.5. The van der Waals surface area contributed by atoms with Crippen molar-refractivity contribution in [3.05, 3.63) is 47.8 Å². The highest BCUT2D eigenvalue weighted by molar-refractivity contribution is 5.84. The van der Waals surface area contributed by atoms with E-state index in [4.69, 9.17) is 4.74 Å². The molecule has 0 saturated carbocycles. The summed E-state index contributed by atoms with van der Waals surface area (Å²) in [6.07, 6.45) is 6.47. The van der Waals surface area contributed by atoms with E-state index in [1.807, 2.05) is 26.0 Å². The first kappa shape index (κ1) is 18.9. The number of fused-ring (bicyclic) bond motifs is 1.